The molecule has 0 aromatic rings. The molecule has 118 valence electrons. The molecule has 0 aromatic heterocycles. The Morgan fingerprint density at radius 2 is 1.45 bits per heavy atom. The molecule has 0 aliphatic rings. The van der Waals surface area contributed by atoms with Gasteiger partial charge in [-0.3, -0.25) is 9.59 Å². The molecule has 0 saturated heterocycles. The van der Waals surface area contributed by atoms with Gasteiger partial charge in [0.2, 0.25) is 11.8 Å². The molecule has 0 heterocycles. The van der Waals surface area contributed by atoms with Crippen molar-refractivity contribution in [2.75, 3.05) is 26.2 Å². The fourth-order valence-electron chi connectivity index (χ4n) is 2.13. The maximum absolute atomic E-state index is 12.2. The van der Waals surface area contributed by atoms with E-state index in [-0.39, 0.29) is 11.8 Å². The number of nitrogens with zero attached hydrogens (tertiary/aromatic N) is 2. The summed E-state index contributed by atoms with van der Waals surface area (Å²) in [6.45, 7) is 13.0. The summed E-state index contributed by atoms with van der Waals surface area (Å²) >= 11 is 0. The lowest BCUT2D eigenvalue weighted by Crippen LogP contribution is -2.37. The van der Waals surface area contributed by atoms with Gasteiger partial charge in [-0.2, -0.15) is 0 Å². The van der Waals surface area contributed by atoms with Gasteiger partial charge in [0.25, 0.3) is 0 Å². The van der Waals surface area contributed by atoms with E-state index in [9.17, 15) is 9.59 Å². The number of hydrogen-bond donors (Lipinski definition) is 0. The molecule has 0 spiro atoms. The third-order valence-electron chi connectivity index (χ3n) is 3.36. The number of amides is 2. The molecule has 2 amide bonds. The van der Waals surface area contributed by atoms with Crippen molar-refractivity contribution in [2.24, 2.45) is 5.92 Å². The summed E-state index contributed by atoms with van der Waals surface area (Å²) in [7, 11) is 0. The van der Waals surface area contributed by atoms with Crippen LogP contribution in [0.15, 0.2) is 0 Å². The summed E-state index contributed by atoms with van der Waals surface area (Å²) in [5.74, 6) is 0.810. The summed E-state index contributed by atoms with van der Waals surface area (Å²) in [6.07, 6.45) is 3.39. The molecule has 4 nitrogen and oxygen atoms in total. The van der Waals surface area contributed by atoms with Gasteiger partial charge in [0.1, 0.15) is 0 Å². The first kappa shape index (κ1) is 18.9. The molecule has 0 bridgehead atoms. The van der Waals surface area contributed by atoms with Crippen LogP contribution in [0.5, 0.6) is 0 Å². The third-order valence-corrected chi connectivity index (χ3v) is 3.36. The molecule has 0 unspecified atom stereocenters. The number of hydrogen-bond acceptors (Lipinski definition) is 2. The van der Waals surface area contributed by atoms with Crippen molar-refractivity contribution < 1.29 is 9.59 Å². The molecule has 0 aromatic carbocycles. The summed E-state index contributed by atoms with van der Waals surface area (Å²) < 4.78 is 0. The Bertz CT molecular complexity index is 284. The third kappa shape index (κ3) is 8.18. The van der Waals surface area contributed by atoms with E-state index in [1.807, 2.05) is 4.90 Å². The molecule has 0 rings (SSSR count). The molecule has 0 saturated carbocycles. The number of rotatable bonds is 10. The number of carbonyl (C=O) groups excluding carboxylic acids is 2. The van der Waals surface area contributed by atoms with Crippen molar-refractivity contribution in [1.82, 2.24) is 9.80 Å². The van der Waals surface area contributed by atoms with Crippen LogP contribution >= 0.6 is 0 Å². The van der Waals surface area contributed by atoms with Crippen LogP contribution in [0.25, 0.3) is 0 Å². The van der Waals surface area contributed by atoms with Crippen molar-refractivity contribution >= 4 is 11.8 Å². The van der Waals surface area contributed by atoms with Crippen LogP contribution in [0, 0.1) is 5.92 Å². The molecule has 4 heteroatoms. The van der Waals surface area contributed by atoms with E-state index in [1.165, 1.54) is 0 Å². The van der Waals surface area contributed by atoms with Crippen molar-refractivity contribution in [3.05, 3.63) is 0 Å². The second-order valence-corrected chi connectivity index (χ2v) is 5.82. The van der Waals surface area contributed by atoms with Gasteiger partial charge in [0, 0.05) is 39.5 Å². The lowest BCUT2D eigenvalue weighted by Gasteiger charge is -2.25. The molecule has 0 N–H and O–H groups in total. The zero-order valence-corrected chi connectivity index (χ0v) is 13.9. The van der Waals surface area contributed by atoms with Gasteiger partial charge in [-0.05, 0) is 25.2 Å². The Labute approximate surface area is 124 Å². The molecule has 0 atom stereocenters. The Morgan fingerprint density at radius 1 is 0.900 bits per heavy atom. The van der Waals surface area contributed by atoms with Gasteiger partial charge < -0.3 is 9.80 Å². The van der Waals surface area contributed by atoms with Gasteiger partial charge in [-0.1, -0.05) is 27.7 Å². The molecule has 0 fully saturated rings. The summed E-state index contributed by atoms with van der Waals surface area (Å²) in [5, 5.41) is 0. The van der Waals surface area contributed by atoms with Crippen molar-refractivity contribution in [3.63, 3.8) is 0 Å². The molecule has 20 heavy (non-hydrogen) atoms. The standard InChI is InChI=1S/C16H32N2O2/c1-6-10-18(11-7-2)16(20)9-13-17(15(5)19)12-8-14(3)4/h14H,6-13H2,1-5H3. The van der Waals surface area contributed by atoms with Crippen LogP contribution in [0.3, 0.4) is 0 Å². The van der Waals surface area contributed by atoms with Crippen molar-refractivity contribution in [1.29, 1.82) is 0 Å². The summed E-state index contributed by atoms with van der Waals surface area (Å²) in [6, 6.07) is 0. The second-order valence-electron chi connectivity index (χ2n) is 5.82. The maximum atomic E-state index is 12.2. The summed E-state index contributed by atoms with van der Waals surface area (Å²) in [4.78, 5) is 27.5. The van der Waals surface area contributed by atoms with Gasteiger partial charge in [0.05, 0.1) is 0 Å². The molecular weight excluding hydrogens is 252 g/mol. The minimum Gasteiger partial charge on any atom is -0.343 e. The predicted molar refractivity (Wildman–Crippen MR) is 83.5 cm³/mol. The monoisotopic (exact) mass is 284 g/mol. The average molecular weight is 284 g/mol. The lowest BCUT2D eigenvalue weighted by molar-refractivity contribution is -0.133. The average Bonchev–Trinajstić information content (AvgIpc) is 2.37. The Kier molecular flexibility index (Phi) is 10.1. The van der Waals surface area contributed by atoms with E-state index < -0.39 is 0 Å². The highest BCUT2D eigenvalue weighted by atomic mass is 16.2. The zero-order valence-electron chi connectivity index (χ0n) is 13.9. The number of carbonyl (C=O) groups is 2. The molecule has 0 radical (unpaired) electrons. The van der Waals surface area contributed by atoms with Crippen molar-refractivity contribution in [2.45, 2.75) is 60.3 Å². The van der Waals surface area contributed by atoms with Crippen LogP contribution in [-0.4, -0.2) is 47.8 Å². The predicted octanol–water partition coefficient (Wildman–Crippen LogP) is 2.92. The highest BCUT2D eigenvalue weighted by Crippen LogP contribution is 2.05. The molecule has 0 aliphatic heterocycles. The fraction of sp³-hybridized carbons (Fsp3) is 0.875. The highest BCUT2D eigenvalue weighted by Gasteiger charge is 2.15. The van der Waals surface area contributed by atoms with Gasteiger partial charge in [0.15, 0.2) is 0 Å². The zero-order chi connectivity index (χ0) is 15.5. The normalized spacial score (nSPS) is 10.7. The quantitative estimate of drug-likeness (QED) is 0.619. The fourth-order valence-corrected chi connectivity index (χ4v) is 2.13. The Morgan fingerprint density at radius 3 is 1.85 bits per heavy atom. The first-order chi connectivity index (χ1) is 9.42. The highest BCUT2D eigenvalue weighted by molar-refractivity contribution is 5.78. The van der Waals surface area contributed by atoms with Gasteiger partial charge in [-0.15, -0.1) is 0 Å². The van der Waals surface area contributed by atoms with Gasteiger partial charge >= 0.3 is 0 Å². The van der Waals surface area contributed by atoms with E-state index in [4.69, 9.17) is 0 Å². The lowest BCUT2D eigenvalue weighted by atomic mass is 10.1. The summed E-state index contributed by atoms with van der Waals surface area (Å²) in [5.41, 5.74) is 0. The van der Waals surface area contributed by atoms with Crippen LogP contribution in [0.1, 0.15) is 60.3 Å². The van der Waals surface area contributed by atoms with E-state index in [1.54, 1.807) is 11.8 Å². The van der Waals surface area contributed by atoms with Crippen LogP contribution in [-0.2, 0) is 9.59 Å². The van der Waals surface area contributed by atoms with Crippen LogP contribution < -0.4 is 0 Å². The Hall–Kier alpha value is -1.06. The van der Waals surface area contributed by atoms with E-state index >= 15 is 0 Å². The maximum Gasteiger partial charge on any atom is 0.224 e. The van der Waals surface area contributed by atoms with E-state index in [2.05, 4.69) is 27.7 Å². The topological polar surface area (TPSA) is 40.6 Å². The van der Waals surface area contributed by atoms with Crippen LogP contribution in [0.2, 0.25) is 0 Å². The molecule has 0 aliphatic carbocycles. The van der Waals surface area contributed by atoms with E-state index in [0.29, 0.717) is 18.9 Å². The Balaban J connectivity index is 4.30. The first-order valence-electron chi connectivity index (χ1n) is 7.95. The van der Waals surface area contributed by atoms with Crippen molar-refractivity contribution in [3.8, 4) is 0 Å². The SMILES string of the molecule is CCCN(CCC)C(=O)CCN(CCC(C)C)C(C)=O. The van der Waals surface area contributed by atoms with Crippen LogP contribution in [0.4, 0.5) is 0 Å². The minimum atomic E-state index is 0.0657. The first-order valence-corrected chi connectivity index (χ1v) is 7.95. The smallest absolute Gasteiger partial charge is 0.224 e. The molecular formula is C16H32N2O2. The second kappa shape index (κ2) is 10.7. The largest absolute Gasteiger partial charge is 0.343 e. The minimum absolute atomic E-state index is 0.0657. The van der Waals surface area contributed by atoms with Gasteiger partial charge in [-0.25, -0.2) is 0 Å². The van der Waals surface area contributed by atoms with E-state index in [0.717, 1.165) is 38.9 Å².